The highest BCUT2D eigenvalue weighted by Crippen LogP contribution is 2.20. The van der Waals surface area contributed by atoms with Crippen molar-refractivity contribution in [1.82, 2.24) is 20.4 Å². The van der Waals surface area contributed by atoms with Crippen molar-refractivity contribution in [3.8, 4) is 0 Å². The fraction of sp³-hybridized carbons (Fsp3) is 0.333. The van der Waals surface area contributed by atoms with Crippen molar-refractivity contribution in [3.05, 3.63) is 35.1 Å². The molecule has 0 aromatic carbocycles. The van der Waals surface area contributed by atoms with Crippen LogP contribution in [0.1, 0.15) is 29.5 Å². The number of hydrogen-bond donors (Lipinski definition) is 2. The first-order valence-electron chi connectivity index (χ1n) is 6.13. The summed E-state index contributed by atoms with van der Waals surface area (Å²) in [6, 6.07) is 1.57. The number of halogens is 1. The monoisotopic (exact) mass is 295 g/mol. The van der Waals surface area contributed by atoms with E-state index in [-0.39, 0.29) is 12.5 Å². The van der Waals surface area contributed by atoms with E-state index in [1.807, 2.05) is 6.92 Å². The van der Waals surface area contributed by atoms with Gasteiger partial charge >= 0.3 is 0 Å². The van der Waals surface area contributed by atoms with Crippen molar-refractivity contribution >= 4 is 23.3 Å². The van der Waals surface area contributed by atoms with Crippen LogP contribution in [-0.4, -0.2) is 27.6 Å². The normalized spacial score (nSPS) is 10.3. The van der Waals surface area contributed by atoms with Gasteiger partial charge < -0.3 is 15.2 Å². The Kier molecular flexibility index (Phi) is 4.89. The summed E-state index contributed by atoms with van der Waals surface area (Å²) in [5, 5.41) is 9.73. The third-order valence-corrected chi connectivity index (χ3v) is 2.75. The van der Waals surface area contributed by atoms with Crippen molar-refractivity contribution in [2.24, 2.45) is 0 Å². The van der Waals surface area contributed by atoms with Gasteiger partial charge in [-0.25, -0.2) is 4.98 Å². The lowest BCUT2D eigenvalue weighted by atomic mass is 10.2. The smallest absolute Gasteiger partial charge is 0.253 e. The molecule has 106 valence electrons. The Hall–Kier alpha value is -2.15. The first-order valence-corrected chi connectivity index (χ1v) is 6.51. The molecule has 0 bridgehead atoms. The van der Waals surface area contributed by atoms with E-state index in [1.54, 1.807) is 6.07 Å². The van der Waals surface area contributed by atoms with Crippen molar-refractivity contribution in [3.63, 3.8) is 0 Å². The average molecular weight is 296 g/mol. The minimum Gasteiger partial charge on any atom is -0.369 e. The number of nitrogens with zero attached hydrogens (tertiary/aromatic N) is 3. The molecule has 0 radical (unpaired) electrons. The van der Waals surface area contributed by atoms with Crippen LogP contribution in [0.25, 0.3) is 0 Å². The second-order valence-corrected chi connectivity index (χ2v) is 4.42. The predicted molar refractivity (Wildman–Crippen MR) is 73.5 cm³/mol. The predicted octanol–water partition coefficient (Wildman–Crippen LogP) is 1.87. The van der Waals surface area contributed by atoms with Gasteiger partial charge in [-0.2, -0.15) is 4.98 Å². The lowest BCUT2D eigenvalue weighted by Crippen LogP contribution is -2.23. The fourth-order valence-electron chi connectivity index (χ4n) is 1.47. The number of carbonyl (C=O) groups is 1. The van der Waals surface area contributed by atoms with Crippen molar-refractivity contribution in [2.45, 2.75) is 19.9 Å². The van der Waals surface area contributed by atoms with E-state index in [2.05, 4.69) is 30.3 Å². The number of pyridine rings is 1. The first-order chi connectivity index (χ1) is 9.70. The molecule has 2 N–H and O–H groups in total. The number of carbonyl (C=O) groups excluding carboxylic acids is 1. The summed E-state index contributed by atoms with van der Waals surface area (Å²) in [5.74, 6) is 0.674. The molecular formula is C12H14ClN5O2. The van der Waals surface area contributed by atoms with E-state index in [4.69, 9.17) is 11.6 Å². The van der Waals surface area contributed by atoms with Crippen LogP contribution in [0.3, 0.4) is 0 Å². The quantitative estimate of drug-likeness (QED) is 0.845. The summed E-state index contributed by atoms with van der Waals surface area (Å²) in [6.07, 6.45) is 3.63. The Morgan fingerprint density at radius 2 is 2.30 bits per heavy atom. The zero-order chi connectivity index (χ0) is 14.4. The van der Waals surface area contributed by atoms with Crippen LogP contribution >= 0.6 is 11.6 Å². The average Bonchev–Trinajstić information content (AvgIpc) is 2.96. The van der Waals surface area contributed by atoms with Crippen molar-refractivity contribution < 1.29 is 9.32 Å². The zero-order valence-corrected chi connectivity index (χ0v) is 11.6. The van der Waals surface area contributed by atoms with Crippen LogP contribution in [-0.2, 0) is 6.54 Å². The highest BCUT2D eigenvalue weighted by molar-refractivity contribution is 6.33. The molecule has 0 aliphatic rings. The van der Waals surface area contributed by atoms with Crippen molar-refractivity contribution in [1.29, 1.82) is 0 Å². The molecule has 8 heteroatoms. The molecule has 2 aromatic rings. The molecule has 0 atom stereocenters. The van der Waals surface area contributed by atoms with E-state index in [0.29, 0.717) is 22.2 Å². The van der Waals surface area contributed by atoms with Crippen LogP contribution in [0.15, 0.2) is 23.2 Å². The van der Waals surface area contributed by atoms with Crippen LogP contribution in [0.4, 0.5) is 5.82 Å². The molecule has 1 amide bonds. The Morgan fingerprint density at radius 3 is 2.95 bits per heavy atom. The lowest BCUT2D eigenvalue weighted by Gasteiger charge is -2.08. The minimum atomic E-state index is -0.300. The maximum Gasteiger partial charge on any atom is 0.253 e. The first kappa shape index (κ1) is 14.3. The van der Waals surface area contributed by atoms with Gasteiger partial charge in [0.1, 0.15) is 5.82 Å². The van der Waals surface area contributed by atoms with E-state index < -0.39 is 0 Å². The summed E-state index contributed by atoms with van der Waals surface area (Å²) >= 11 is 6.06. The fourth-order valence-corrected chi connectivity index (χ4v) is 1.70. The SMILES string of the molecule is CCCNc1ncc(C(=O)NCc2ncon2)cc1Cl. The third kappa shape index (κ3) is 3.67. The van der Waals surface area contributed by atoms with E-state index >= 15 is 0 Å². The highest BCUT2D eigenvalue weighted by Gasteiger charge is 2.10. The third-order valence-electron chi connectivity index (χ3n) is 2.46. The number of aromatic nitrogens is 3. The zero-order valence-electron chi connectivity index (χ0n) is 10.9. The van der Waals surface area contributed by atoms with Crippen LogP contribution < -0.4 is 10.6 Å². The van der Waals surface area contributed by atoms with Gasteiger partial charge in [0.2, 0.25) is 6.39 Å². The Bertz CT molecular complexity index is 573. The summed E-state index contributed by atoms with van der Waals surface area (Å²) in [4.78, 5) is 19.8. The Balaban J connectivity index is 1.97. The van der Waals surface area contributed by atoms with E-state index in [9.17, 15) is 4.79 Å². The summed E-state index contributed by atoms with van der Waals surface area (Å²) in [7, 11) is 0. The van der Waals surface area contributed by atoms with Gasteiger partial charge in [-0.05, 0) is 12.5 Å². The molecule has 0 spiro atoms. The molecule has 0 aliphatic heterocycles. The molecule has 2 heterocycles. The van der Waals surface area contributed by atoms with Gasteiger partial charge in [0, 0.05) is 12.7 Å². The Morgan fingerprint density at radius 1 is 1.45 bits per heavy atom. The number of amides is 1. The van der Waals surface area contributed by atoms with Crippen LogP contribution in [0.5, 0.6) is 0 Å². The second kappa shape index (κ2) is 6.85. The van der Waals surface area contributed by atoms with Crippen LogP contribution in [0, 0.1) is 0 Å². The van der Waals surface area contributed by atoms with E-state index in [0.717, 1.165) is 13.0 Å². The maximum absolute atomic E-state index is 11.9. The molecule has 0 aliphatic carbocycles. The summed E-state index contributed by atoms with van der Waals surface area (Å²) < 4.78 is 4.57. The molecule has 0 fully saturated rings. The maximum atomic E-state index is 11.9. The number of hydrogen-bond acceptors (Lipinski definition) is 6. The van der Waals surface area contributed by atoms with Crippen LogP contribution in [0.2, 0.25) is 5.02 Å². The summed E-state index contributed by atoms with van der Waals surface area (Å²) in [6.45, 7) is 3.00. The molecule has 2 rings (SSSR count). The van der Waals surface area contributed by atoms with Gasteiger partial charge in [-0.1, -0.05) is 23.7 Å². The van der Waals surface area contributed by atoms with Gasteiger partial charge in [-0.3, -0.25) is 4.79 Å². The number of anilines is 1. The molecule has 2 aromatic heterocycles. The summed E-state index contributed by atoms with van der Waals surface area (Å²) in [5.41, 5.74) is 0.376. The van der Waals surface area contributed by atoms with Gasteiger partial charge in [0.05, 0.1) is 17.1 Å². The largest absolute Gasteiger partial charge is 0.369 e. The minimum absolute atomic E-state index is 0.183. The molecule has 0 unspecified atom stereocenters. The second-order valence-electron chi connectivity index (χ2n) is 4.01. The number of nitrogens with one attached hydrogen (secondary N) is 2. The molecule has 0 saturated carbocycles. The van der Waals surface area contributed by atoms with E-state index in [1.165, 1.54) is 12.6 Å². The highest BCUT2D eigenvalue weighted by atomic mass is 35.5. The van der Waals surface area contributed by atoms with Gasteiger partial charge in [-0.15, -0.1) is 0 Å². The standard InChI is InChI=1S/C12H14ClN5O2/c1-2-3-14-11-9(13)4-8(5-15-11)12(19)16-6-10-17-7-20-18-10/h4-5,7H,2-3,6H2,1H3,(H,14,15)(H,16,19). The van der Waals surface area contributed by atoms with Gasteiger partial charge in [0.25, 0.3) is 5.91 Å². The Labute approximate surface area is 120 Å². The lowest BCUT2D eigenvalue weighted by molar-refractivity contribution is 0.0949. The molecular weight excluding hydrogens is 282 g/mol. The molecule has 0 saturated heterocycles. The van der Waals surface area contributed by atoms with Crippen molar-refractivity contribution in [2.75, 3.05) is 11.9 Å². The van der Waals surface area contributed by atoms with Gasteiger partial charge in [0.15, 0.2) is 5.82 Å². The molecule has 20 heavy (non-hydrogen) atoms. The number of rotatable bonds is 6. The molecule has 7 nitrogen and oxygen atoms in total. The topological polar surface area (TPSA) is 92.9 Å².